The topological polar surface area (TPSA) is 71.7 Å². The van der Waals surface area contributed by atoms with Crippen LogP contribution in [0.2, 0.25) is 0 Å². The summed E-state index contributed by atoms with van der Waals surface area (Å²) in [7, 11) is 1.89. The molecule has 0 radical (unpaired) electrons. The van der Waals surface area contributed by atoms with E-state index >= 15 is 0 Å². The van der Waals surface area contributed by atoms with Gasteiger partial charge in [-0.2, -0.15) is 0 Å². The maximum Gasteiger partial charge on any atom is 0.222 e. The molecule has 27 heavy (non-hydrogen) atoms. The standard InChI is InChI=1S/C20H34N4O3/c1-23(11-5-6-12-24-13-15-26-16-14-24)19(25)10-9-18-21-22-20(27-18)17-7-3-2-4-8-17/h17H,2-16H2,1H3. The number of unbranched alkanes of at least 4 members (excludes halogenated alkanes) is 1. The Bertz CT molecular complexity index is 565. The number of hydrogen-bond acceptors (Lipinski definition) is 6. The molecular formula is C20H34N4O3. The molecule has 1 amide bonds. The number of amides is 1. The highest BCUT2D eigenvalue weighted by molar-refractivity contribution is 5.75. The number of aromatic nitrogens is 2. The van der Waals surface area contributed by atoms with Gasteiger partial charge in [-0.25, -0.2) is 0 Å². The van der Waals surface area contributed by atoms with E-state index in [2.05, 4.69) is 15.1 Å². The van der Waals surface area contributed by atoms with Crippen molar-refractivity contribution in [2.45, 2.75) is 63.7 Å². The Labute approximate surface area is 162 Å². The van der Waals surface area contributed by atoms with Gasteiger partial charge in [0, 0.05) is 45.4 Å². The Morgan fingerprint density at radius 1 is 1.15 bits per heavy atom. The summed E-state index contributed by atoms with van der Waals surface area (Å²) in [6, 6.07) is 0. The minimum Gasteiger partial charge on any atom is -0.425 e. The first-order valence-electron chi connectivity index (χ1n) is 10.6. The van der Waals surface area contributed by atoms with Crippen molar-refractivity contribution in [3.63, 3.8) is 0 Å². The van der Waals surface area contributed by atoms with E-state index in [0.717, 1.165) is 71.0 Å². The molecule has 1 saturated heterocycles. The van der Waals surface area contributed by atoms with E-state index in [9.17, 15) is 4.79 Å². The van der Waals surface area contributed by atoms with Gasteiger partial charge in [0.2, 0.25) is 17.7 Å². The predicted octanol–water partition coefficient (Wildman–Crippen LogP) is 2.62. The number of carbonyl (C=O) groups is 1. The molecule has 1 aromatic rings. The molecule has 1 aromatic heterocycles. The molecule has 1 saturated carbocycles. The van der Waals surface area contributed by atoms with Crippen LogP contribution in [0.3, 0.4) is 0 Å². The predicted molar refractivity (Wildman–Crippen MR) is 103 cm³/mol. The molecule has 0 atom stereocenters. The van der Waals surface area contributed by atoms with Gasteiger partial charge in [-0.05, 0) is 32.2 Å². The van der Waals surface area contributed by atoms with Crippen LogP contribution in [-0.4, -0.2) is 72.3 Å². The van der Waals surface area contributed by atoms with E-state index in [1.165, 1.54) is 19.3 Å². The fraction of sp³-hybridized carbons (Fsp3) is 0.850. The lowest BCUT2D eigenvalue weighted by atomic mass is 9.89. The van der Waals surface area contributed by atoms with Gasteiger partial charge in [-0.1, -0.05) is 19.3 Å². The lowest BCUT2D eigenvalue weighted by molar-refractivity contribution is -0.130. The van der Waals surface area contributed by atoms with Crippen molar-refractivity contribution in [1.29, 1.82) is 0 Å². The van der Waals surface area contributed by atoms with Gasteiger partial charge in [0.1, 0.15) is 0 Å². The monoisotopic (exact) mass is 378 g/mol. The van der Waals surface area contributed by atoms with E-state index < -0.39 is 0 Å². The van der Waals surface area contributed by atoms with Crippen LogP contribution in [0.5, 0.6) is 0 Å². The minimum atomic E-state index is 0.152. The minimum absolute atomic E-state index is 0.152. The summed E-state index contributed by atoms with van der Waals surface area (Å²) in [5, 5.41) is 8.36. The number of aryl methyl sites for hydroxylation is 1. The lowest BCUT2D eigenvalue weighted by Crippen LogP contribution is -2.37. The highest BCUT2D eigenvalue weighted by Gasteiger charge is 2.21. The molecule has 0 N–H and O–H groups in total. The molecule has 0 bridgehead atoms. The lowest BCUT2D eigenvalue weighted by Gasteiger charge is -2.26. The largest absolute Gasteiger partial charge is 0.425 e. The third-order valence-electron chi connectivity index (χ3n) is 5.74. The van der Waals surface area contributed by atoms with Gasteiger partial charge in [-0.3, -0.25) is 9.69 Å². The van der Waals surface area contributed by atoms with Gasteiger partial charge in [0.05, 0.1) is 13.2 Å². The van der Waals surface area contributed by atoms with E-state index in [1.807, 2.05) is 11.9 Å². The molecule has 7 heteroatoms. The highest BCUT2D eigenvalue weighted by atomic mass is 16.5. The number of hydrogen-bond donors (Lipinski definition) is 0. The summed E-state index contributed by atoms with van der Waals surface area (Å²) in [6.45, 7) is 5.65. The SMILES string of the molecule is CN(CCCCN1CCOCC1)C(=O)CCc1nnc(C2CCCCC2)o1. The Balaban J connectivity index is 1.30. The molecule has 3 rings (SSSR count). The van der Waals surface area contributed by atoms with Crippen LogP contribution >= 0.6 is 0 Å². The van der Waals surface area contributed by atoms with Crippen molar-refractivity contribution >= 4 is 5.91 Å². The molecule has 0 aromatic carbocycles. The third-order valence-corrected chi connectivity index (χ3v) is 5.74. The highest BCUT2D eigenvalue weighted by Crippen LogP contribution is 2.31. The van der Waals surface area contributed by atoms with E-state index in [1.54, 1.807) is 0 Å². The van der Waals surface area contributed by atoms with Gasteiger partial charge in [-0.15, -0.1) is 10.2 Å². The Kier molecular flexibility index (Phi) is 8.08. The maximum absolute atomic E-state index is 12.3. The Morgan fingerprint density at radius 2 is 1.93 bits per heavy atom. The van der Waals surface area contributed by atoms with Crippen molar-refractivity contribution in [2.75, 3.05) is 46.4 Å². The Morgan fingerprint density at radius 3 is 2.70 bits per heavy atom. The van der Waals surface area contributed by atoms with Crippen molar-refractivity contribution in [3.8, 4) is 0 Å². The summed E-state index contributed by atoms with van der Waals surface area (Å²) in [4.78, 5) is 16.6. The van der Waals surface area contributed by atoms with Crippen LogP contribution in [-0.2, 0) is 16.0 Å². The first-order chi connectivity index (χ1) is 13.2. The van der Waals surface area contributed by atoms with Crippen molar-refractivity contribution in [2.24, 2.45) is 0 Å². The van der Waals surface area contributed by atoms with Crippen molar-refractivity contribution in [3.05, 3.63) is 11.8 Å². The normalized spacial score (nSPS) is 19.3. The molecule has 2 aliphatic rings. The number of morpholine rings is 1. The summed E-state index contributed by atoms with van der Waals surface area (Å²) in [6.07, 6.45) is 9.22. The fourth-order valence-corrected chi connectivity index (χ4v) is 3.92. The maximum atomic E-state index is 12.3. The van der Waals surface area contributed by atoms with Crippen LogP contribution in [0, 0.1) is 0 Å². The quantitative estimate of drug-likeness (QED) is 0.615. The van der Waals surface area contributed by atoms with Gasteiger partial charge >= 0.3 is 0 Å². The fourth-order valence-electron chi connectivity index (χ4n) is 3.92. The third kappa shape index (κ3) is 6.57. The zero-order chi connectivity index (χ0) is 18.9. The number of carbonyl (C=O) groups excluding carboxylic acids is 1. The summed E-state index contributed by atoms with van der Waals surface area (Å²) in [5.74, 6) is 1.95. The molecule has 0 unspecified atom stereocenters. The van der Waals surface area contributed by atoms with Crippen molar-refractivity contribution < 1.29 is 13.9 Å². The second kappa shape index (κ2) is 10.8. The van der Waals surface area contributed by atoms with Crippen LogP contribution in [0.15, 0.2) is 4.42 Å². The first kappa shape index (κ1) is 20.3. The summed E-state index contributed by atoms with van der Waals surface area (Å²) >= 11 is 0. The van der Waals surface area contributed by atoms with E-state index in [4.69, 9.17) is 9.15 Å². The molecule has 1 aliphatic carbocycles. The second-order valence-electron chi connectivity index (χ2n) is 7.85. The molecule has 2 heterocycles. The average molecular weight is 379 g/mol. The molecule has 1 aliphatic heterocycles. The summed E-state index contributed by atoms with van der Waals surface area (Å²) < 4.78 is 11.2. The molecular weight excluding hydrogens is 344 g/mol. The van der Waals surface area contributed by atoms with Crippen molar-refractivity contribution in [1.82, 2.24) is 20.0 Å². The number of rotatable bonds is 9. The average Bonchev–Trinajstić information content (AvgIpc) is 3.20. The van der Waals surface area contributed by atoms with Gasteiger partial charge < -0.3 is 14.1 Å². The van der Waals surface area contributed by atoms with Gasteiger partial charge in [0.25, 0.3) is 0 Å². The molecule has 2 fully saturated rings. The second-order valence-corrected chi connectivity index (χ2v) is 7.85. The Hall–Kier alpha value is -1.47. The zero-order valence-electron chi connectivity index (χ0n) is 16.7. The van der Waals surface area contributed by atoms with E-state index in [0.29, 0.717) is 24.7 Å². The van der Waals surface area contributed by atoms with E-state index in [-0.39, 0.29) is 5.91 Å². The van der Waals surface area contributed by atoms with Crippen LogP contribution < -0.4 is 0 Å². The molecule has 7 nitrogen and oxygen atoms in total. The zero-order valence-corrected chi connectivity index (χ0v) is 16.7. The van der Waals surface area contributed by atoms with Gasteiger partial charge in [0.15, 0.2) is 0 Å². The van der Waals surface area contributed by atoms with Crippen LogP contribution in [0.25, 0.3) is 0 Å². The number of nitrogens with zero attached hydrogens (tertiary/aromatic N) is 4. The van der Waals surface area contributed by atoms with Crippen LogP contribution in [0.4, 0.5) is 0 Å². The smallest absolute Gasteiger partial charge is 0.222 e. The first-order valence-corrected chi connectivity index (χ1v) is 10.6. The number of ether oxygens (including phenoxy) is 1. The molecule has 0 spiro atoms. The van der Waals surface area contributed by atoms with Crippen LogP contribution in [0.1, 0.15) is 69.1 Å². The summed E-state index contributed by atoms with van der Waals surface area (Å²) in [5.41, 5.74) is 0. The molecule has 152 valence electrons.